The van der Waals surface area contributed by atoms with Crippen LogP contribution in [0.15, 0.2) is 36.7 Å². The summed E-state index contributed by atoms with van der Waals surface area (Å²) in [5.41, 5.74) is 1.63. The van der Waals surface area contributed by atoms with Gasteiger partial charge in [-0.2, -0.15) is 0 Å². The van der Waals surface area contributed by atoms with Crippen molar-refractivity contribution in [2.45, 2.75) is 26.7 Å². The van der Waals surface area contributed by atoms with Gasteiger partial charge in [-0.1, -0.05) is 13.8 Å². The molecule has 1 fully saturated rings. The van der Waals surface area contributed by atoms with Crippen molar-refractivity contribution < 1.29 is 9.18 Å². The number of carbonyl (C=O) groups is 1. The fraction of sp³-hybridized carbons (Fsp3) is 0.450. The van der Waals surface area contributed by atoms with Gasteiger partial charge in [0.15, 0.2) is 0 Å². The lowest BCUT2D eigenvalue weighted by atomic mass is 10.0. The summed E-state index contributed by atoms with van der Waals surface area (Å²) >= 11 is 0. The van der Waals surface area contributed by atoms with Gasteiger partial charge in [-0.15, -0.1) is 0 Å². The summed E-state index contributed by atoms with van der Waals surface area (Å²) in [6, 6.07) is 8.21. The second-order valence-corrected chi connectivity index (χ2v) is 6.59. The number of nitrogens with zero attached hydrogens (tertiary/aromatic N) is 4. The van der Waals surface area contributed by atoms with Gasteiger partial charge in [0, 0.05) is 43.7 Å². The van der Waals surface area contributed by atoms with E-state index in [1.54, 1.807) is 12.1 Å². The number of amides is 1. The van der Waals surface area contributed by atoms with Crippen LogP contribution in [0.1, 0.15) is 26.7 Å². The standard InChI is InChI=1S/C20H25FN4O/c1-3-15(4-2)20(26)25-11-9-24(10-12-25)19-13-18(22-14-23-19)16-5-7-17(21)8-6-16/h5-8,13-15H,3-4,9-12H2,1-2H3. The van der Waals surface area contributed by atoms with Crippen LogP contribution >= 0.6 is 0 Å². The van der Waals surface area contributed by atoms with Crippen LogP contribution in [0.3, 0.4) is 0 Å². The maximum atomic E-state index is 13.1. The average molecular weight is 356 g/mol. The topological polar surface area (TPSA) is 49.3 Å². The number of hydrogen-bond donors (Lipinski definition) is 0. The van der Waals surface area contributed by atoms with Gasteiger partial charge in [-0.3, -0.25) is 4.79 Å². The van der Waals surface area contributed by atoms with Crippen LogP contribution in [-0.2, 0) is 4.79 Å². The van der Waals surface area contributed by atoms with Crippen molar-refractivity contribution in [2.75, 3.05) is 31.1 Å². The third-order valence-electron chi connectivity index (χ3n) is 5.04. The van der Waals surface area contributed by atoms with Crippen molar-refractivity contribution in [3.05, 3.63) is 42.5 Å². The summed E-state index contributed by atoms with van der Waals surface area (Å²) in [7, 11) is 0. The van der Waals surface area contributed by atoms with Gasteiger partial charge in [0.25, 0.3) is 0 Å². The molecule has 0 bridgehead atoms. The highest BCUT2D eigenvalue weighted by Gasteiger charge is 2.26. The van der Waals surface area contributed by atoms with Crippen molar-refractivity contribution in [2.24, 2.45) is 5.92 Å². The molecule has 2 heterocycles. The number of benzene rings is 1. The van der Waals surface area contributed by atoms with Gasteiger partial charge >= 0.3 is 0 Å². The maximum Gasteiger partial charge on any atom is 0.225 e. The molecular formula is C20H25FN4O. The number of halogens is 1. The molecule has 1 aliphatic heterocycles. The minimum absolute atomic E-state index is 0.130. The zero-order valence-electron chi connectivity index (χ0n) is 15.4. The highest BCUT2D eigenvalue weighted by Crippen LogP contribution is 2.22. The van der Waals surface area contributed by atoms with Crippen molar-refractivity contribution >= 4 is 11.7 Å². The molecule has 0 N–H and O–H groups in total. The van der Waals surface area contributed by atoms with Gasteiger partial charge in [0.05, 0.1) is 5.69 Å². The van der Waals surface area contributed by atoms with Crippen molar-refractivity contribution in [3.8, 4) is 11.3 Å². The van der Waals surface area contributed by atoms with Gasteiger partial charge in [-0.25, -0.2) is 14.4 Å². The van der Waals surface area contributed by atoms with E-state index in [0.717, 1.165) is 43.0 Å². The molecule has 0 saturated carbocycles. The van der Waals surface area contributed by atoms with Crippen LogP contribution in [0.2, 0.25) is 0 Å². The van der Waals surface area contributed by atoms with E-state index in [-0.39, 0.29) is 17.6 Å². The Hall–Kier alpha value is -2.50. The summed E-state index contributed by atoms with van der Waals surface area (Å²) < 4.78 is 13.1. The van der Waals surface area contributed by atoms with Gasteiger partial charge in [-0.05, 0) is 37.1 Å². The van der Waals surface area contributed by atoms with E-state index in [0.29, 0.717) is 13.1 Å². The lowest BCUT2D eigenvalue weighted by Crippen LogP contribution is -2.50. The predicted octanol–water partition coefficient (Wildman–Crippen LogP) is 3.37. The van der Waals surface area contributed by atoms with E-state index in [9.17, 15) is 9.18 Å². The number of anilines is 1. The first-order chi connectivity index (χ1) is 12.6. The first-order valence-electron chi connectivity index (χ1n) is 9.24. The van der Waals surface area contributed by atoms with E-state index >= 15 is 0 Å². The monoisotopic (exact) mass is 356 g/mol. The Morgan fingerprint density at radius 1 is 1.08 bits per heavy atom. The Balaban J connectivity index is 1.67. The number of rotatable bonds is 5. The highest BCUT2D eigenvalue weighted by molar-refractivity contribution is 5.79. The van der Waals surface area contributed by atoms with Crippen LogP contribution < -0.4 is 4.90 Å². The van der Waals surface area contributed by atoms with E-state index in [2.05, 4.69) is 28.7 Å². The Kier molecular flexibility index (Phi) is 5.81. The zero-order chi connectivity index (χ0) is 18.5. The Bertz CT molecular complexity index is 738. The van der Waals surface area contributed by atoms with Crippen LogP contribution in [-0.4, -0.2) is 47.0 Å². The molecule has 26 heavy (non-hydrogen) atoms. The van der Waals surface area contributed by atoms with Gasteiger partial charge in [0.1, 0.15) is 18.0 Å². The lowest BCUT2D eigenvalue weighted by Gasteiger charge is -2.36. The molecular weight excluding hydrogens is 331 g/mol. The Morgan fingerprint density at radius 3 is 2.35 bits per heavy atom. The molecule has 138 valence electrons. The molecule has 1 aromatic heterocycles. The van der Waals surface area contributed by atoms with E-state index < -0.39 is 0 Å². The number of aromatic nitrogens is 2. The third-order valence-corrected chi connectivity index (χ3v) is 5.04. The fourth-order valence-corrected chi connectivity index (χ4v) is 3.35. The molecule has 2 aromatic rings. The smallest absolute Gasteiger partial charge is 0.225 e. The van der Waals surface area contributed by atoms with E-state index in [1.165, 1.54) is 18.5 Å². The van der Waals surface area contributed by atoms with Crippen LogP contribution in [0.5, 0.6) is 0 Å². The quantitative estimate of drug-likeness (QED) is 0.824. The molecule has 6 heteroatoms. The number of piperazine rings is 1. The second kappa shape index (κ2) is 8.25. The normalized spacial score (nSPS) is 14.8. The van der Waals surface area contributed by atoms with Crippen molar-refractivity contribution in [1.29, 1.82) is 0 Å². The maximum absolute atomic E-state index is 13.1. The van der Waals surface area contributed by atoms with Crippen LogP contribution in [0, 0.1) is 11.7 Å². The van der Waals surface area contributed by atoms with E-state index in [4.69, 9.17) is 0 Å². The zero-order valence-corrected chi connectivity index (χ0v) is 15.4. The molecule has 1 aliphatic rings. The first kappa shape index (κ1) is 18.3. The summed E-state index contributed by atoms with van der Waals surface area (Å²) in [6.07, 6.45) is 3.32. The molecule has 5 nitrogen and oxygen atoms in total. The molecule has 1 amide bonds. The van der Waals surface area contributed by atoms with Gasteiger partial charge in [0.2, 0.25) is 5.91 Å². The summed E-state index contributed by atoms with van der Waals surface area (Å²) in [4.78, 5) is 25.3. The molecule has 0 aliphatic carbocycles. The lowest BCUT2D eigenvalue weighted by molar-refractivity contribution is -0.136. The SMILES string of the molecule is CCC(CC)C(=O)N1CCN(c2cc(-c3ccc(F)cc3)ncn2)CC1. The Morgan fingerprint density at radius 2 is 1.73 bits per heavy atom. The highest BCUT2D eigenvalue weighted by atomic mass is 19.1. The minimum Gasteiger partial charge on any atom is -0.353 e. The average Bonchev–Trinajstić information content (AvgIpc) is 2.69. The molecule has 1 aromatic carbocycles. The molecule has 1 saturated heterocycles. The summed E-state index contributed by atoms with van der Waals surface area (Å²) in [6.45, 7) is 7.08. The Labute approximate surface area is 153 Å². The minimum atomic E-state index is -0.263. The van der Waals surface area contributed by atoms with Crippen molar-refractivity contribution in [1.82, 2.24) is 14.9 Å². The number of hydrogen-bond acceptors (Lipinski definition) is 4. The second-order valence-electron chi connectivity index (χ2n) is 6.59. The largest absolute Gasteiger partial charge is 0.353 e. The van der Waals surface area contributed by atoms with Crippen LogP contribution in [0.25, 0.3) is 11.3 Å². The third kappa shape index (κ3) is 4.00. The van der Waals surface area contributed by atoms with Gasteiger partial charge < -0.3 is 9.80 Å². The molecule has 0 atom stereocenters. The molecule has 0 spiro atoms. The fourth-order valence-electron chi connectivity index (χ4n) is 3.35. The molecule has 0 radical (unpaired) electrons. The molecule has 3 rings (SSSR count). The van der Waals surface area contributed by atoms with Crippen molar-refractivity contribution in [3.63, 3.8) is 0 Å². The first-order valence-corrected chi connectivity index (χ1v) is 9.24. The van der Waals surface area contributed by atoms with Crippen LogP contribution in [0.4, 0.5) is 10.2 Å². The summed E-state index contributed by atoms with van der Waals surface area (Å²) in [5, 5.41) is 0. The predicted molar refractivity (Wildman–Crippen MR) is 100 cm³/mol. The van der Waals surface area contributed by atoms with E-state index in [1.807, 2.05) is 11.0 Å². The summed E-state index contributed by atoms with van der Waals surface area (Å²) in [5.74, 6) is 0.977. The molecule has 0 unspecified atom stereocenters. The number of carbonyl (C=O) groups excluding carboxylic acids is 1.